The Morgan fingerprint density at radius 1 is 1.18 bits per heavy atom. The van der Waals surface area contributed by atoms with Gasteiger partial charge in [0.05, 0.1) is 0 Å². The zero-order valence-electron chi connectivity index (χ0n) is 12.4. The summed E-state index contributed by atoms with van der Waals surface area (Å²) < 4.78 is 0. The quantitative estimate of drug-likeness (QED) is 0.618. The summed E-state index contributed by atoms with van der Waals surface area (Å²) in [4.78, 5) is 0. The van der Waals surface area contributed by atoms with Gasteiger partial charge in [0.25, 0.3) is 0 Å². The Kier molecular flexibility index (Phi) is 4.80. The molecule has 1 aliphatic rings. The van der Waals surface area contributed by atoms with Gasteiger partial charge >= 0.3 is 0 Å². The maximum atomic E-state index is 2.44. The monoisotopic (exact) mass is 232 g/mol. The van der Waals surface area contributed by atoms with Gasteiger partial charge in [-0.3, -0.25) is 0 Å². The van der Waals surface area contributed by atoms with Crippen LogP contribution in [0.3, 0.4) is 0 Å². The molecular formula is C17H28. The van der Waals surface area contributed by atoms with E-state index in [0.29, 0.717) is 5.41 Å². The maximum absolute atomic E-state index is 2.44. The minimum atomic E-state index is 0.402. The highest BCUT2D eigenvalue weighted by molar-refractivity contribution is 5.39. The predicted octanol–water partition coefficient (Wildman–Crippen LogP) is 5.27. The van der Waals surface area contributed by atoms with Crippen molar-refractivity contribution in [1.29, 1.82) is 0 Å². The van der Waals surface area contributed by atoms with Gasteiger partial charge < -0.3 is 0 Å². The Bertz CT molecular complexity index is 362. The van der Waals surface area contributed by atoms with Crippen molar-refractivity contribution < 1.29 is 0 Å². The van der Waals surface area contributed by atoms with Crippen LogP contribution >= 0.6 is 0 Å². The molecule has 0 N–H and O–H groups in total. The number of aryl methyl sites for hydroxylation is 2. The molecule has 96 valence electrons. The summed E-state index contributed by atoms with van der Waals surface area (Å²) in [5.74, 6) is 0.735. The highest BCUT2D eigenvalue weighted by atomic mass is 14.4. The first-order valence-electron chi connectivity index (χ1n) is 7.14. The van der Waals surface area contributed by atoms with Crippen LogP contribution in [0.25, 0.3) is 0 Å². The molecule has 1 aliphatic carbocycles. The molecule has 0 heteroatoms. The standard InChI is InChI=1S/C15H22.C2H6/c1-11(2)15(4)9-5-6-13-8-7-12(3)10-14(13)15;1-2/h7-8,10-11H,5-6,9H2,1-4H3;1-2H3. The minimum absolute atomic E-state index is 0.402. The Balaban J connectivity index is 0.000000686. The minimum Gasteiger partial charge on any atom is -0.0683 e. The summed E-state index contributed by atoms with van der Waals surface area (Å²) in [5.41, 5.74) is 5.01. The van der Waals surface area contributed by atoms with Gasteiger partial charge in [-0.25, -0.2) is 0 Å². The van der Waals surface area contributed by atoms with Crippen molar-refractivity contribution in [3.05, 3.63) is 34.9 Å². The van der Waals surface area contributed by atoms with Gasteiger partial charge in [-0.05, 0) is 48.6 Å². The highest BCUT2D eigenvalue weighted by Gasteiger charge is 2.34. The maximum Gasteiger partial charge on any atom is -0.00493 e. The summed E-state index contributed by atoms with van der Waals surface area (Å²) in [6, 6.07) is 7.00. The van der Waals surface area contributed by atoms with Crippen molar-refractivity contribution in [2.75, 3.05) is 0 Å². The van der Waals surface area contributed by atoms with E-state index >= 15 is 0 Å². The van der Waals surface area contributed by atoms with Crippen LogP contribution < -0.4 is 0 Å². The third-order valence-corrected chi connectivity index (χ3v) is 4.30. The van der Waals surface area contributed by atoms with Gasteiger partial charge in [-0.15, -0.1) is 0 Å². The van der Waals surface area contributed by atoms with Crippen molar-refractivity contribution in [1.82, 2.24) is 0 Å². The fourth-order valence-corrected chi connectivity index (χ4v) is 2.82. The molecule has 2 rings (SSSR count). The van der Waals surface area contributed by atoms with Gasteiger partial charge in [0.2, 0.25) is 0 Å². The first-order valence-corrected chi connectivity index (χ1v) is 7.14. The third kappa shape index (κ3) is 2.73. The lowest BCUT2D eigenvalue weighted by Crippen LogP contribution is -2.33. The van der Waals surface area contributed by atoms with Crippen LogP contribution in [0.15, 0.2) is 18.2 Å². The lowest BCUT2D eigenvalue weighted by Gasteiger charge is -2.40. The molecule has 0 saturated heterocycles. The average Bonchev–Trinajstić information content (AvgIpc) is 2.33. The molecule has 0 spiro atoms. The summed E-state index contributed by atoms with van der Waals surface area (Å²) in [6.07, 6.45) is 3.98. The smallest absolute Gasteiger partial charge is 0.00493 e. The lowest BCUT2D eigenvalue weighted by molar-refractivity contribution is 0.290. The van der Waals surface area contributed by atoms with E-state index in [4.69, 9.17) is 0 Å². The molecule has 1 aromatic carbocycles. The van der Waals surface area contributed by atoms with Crippen LogP contribution in [0.1, 0.15) is 64.2 Å². The Hall–Kier alpha value is -0.780. The molecule has 0 saturated carbocycles. The van der Waals surface area contributed by atoms with E-state index in [1.165, 1.54) is 24.8 Å². The molecule has 0 fully saturated rings. The zero-order valence-corrected chi connectivity index (χ0v) is 12.4. The van der Waals surface area contributed by atoms with Crippen LogP contribution in [-0.2, 0) is 11.8 Å². The topological polar surface area (TPSA) is 0 Å². The lowest BCUT2D eigenvalue weighted by atomic mass is 9.65. The molecule has 0 amide bonds. The molecule has 0 bridgehead atoms. The fraction of sp³-hybridized carbons (Fsp3) is 0.647. The van der Waals surface area contributed by atoms with Crippen LogP contribution in [0.2, 0.25) is 0 Å². The SMILES string of the molecule is CC.Cc1ccc2c(c1)C(C)(C(C)C)CCC2. The second-order valence-corrected chi connectivity index (χ2v) is 5.59. The summed E-state index contributed by atoms with van der Waals surface area (Å²) in [5, 5.41) is 0. The van der Waals surface area contributed by atoms with Gasteiger partial charge in [0, 0.05) is 0 Å². The Morgan fingerprint density at radius 3 is 2.41 bits per heavy atom. The van der Waals surface area contributed by atoms with Gasteiger partial charge in [-0.2, -0.15) is 0 Å². The molecule has 0 heterocycles. The fourth-order valence-electron chi connectivity index (χ4n) is 2.82. The Morgan fingerprint density at radius 2 is 1.82 bits per heavy atom. The average molecular weight is 232 g/mol. The summed E-state index contributed by atoms with van der Waals surface area (Å²) in [6.45, 7) is 13.4. The molecule has 1 unspecified atom stereocenters. The molecular weight excluding hydrogens is 204 g/mol. The molecule has 1 aromatic rings. The number of fused-ring (bicyclic) bond motifs is 1. The second kappa shape index (κ2) is 5.71. The molecule has 0 aliphatic heterocycles. The number of hydrogen-bond acceptors (Lipinski definition) is 0. The third-order valence-electron chi connectivity index (χ3n) is 4.30. The van der Waals surface area contributed by atoms with Crippen LogP contribution in [0.5, 0.6) is 0 Å². The number of benzene rings is 1. The molecule has 0 radical (unpaired) electrons. The number of rotatable bonds is 1. The van der Waals surface area contributed by atoms with Crippen molar-refractivity contribution in [2.24, 2.45) is 5.92 Å². The van der Waals surface area contributed by atoms with E-state index in [-0.39, 0.29) is 0 Å². The van der Waals surface area contributed by atoms with E-state index < -0.39 is 0 Å². The first kappa shape index (κ1) is 14.3. The molecule has 0 nitrogen and oxygen atoms in total. The highest BCUT2D eigenvalue weighted by Crippen LogP contribution is 2.42. The van der Waals surface area contributed by atoms with E-state index in [0.717, 1.165) is 5.92 Å². The molecule has 17 heavy (non-hydrogen) atoms. The zero-order chi connectivity index (χ0) is 13.1. The van der Waals surface area contributed by atoms with E-state index in [1.54, 1.807) is 11.1 Å². The largest absolute Gasteiger partial charge is 0.0683 e. The van der Waals surface area contributed by atoms with Crippen LogP contribution in [-0.4, -0.2) is 0 Å². The molecule has 0 aromatic heterocycles. The van der Waals surface area contributed by atoms with Crippen LogP contribution in [0, 0.1) is 12.8 Å². The van der Waals surface area contributed by atoms with E-state index in [2.05, 4.69) is 45.9 Å². The normalized spacial score (nSPS) is 22.8. The summed E-state index contributed by atoms with van der Waals surface area (Å²) >= 11 is 0. The van der Waals surface area contributed by atoms with Crippen molar-refractivity contribution in [2.45, 2.75) is 66.2 Å². The van der Waals surface area contributed by atoms with Crippen molar-refractivity contribution in [3.8, 4) is 0 Å². The van der Waals surface area contributed by atoms with E-state index in [9.17, 15) is 0 Å². The number of hydrogen-bond donors (Lipinski definition) is 0. The van der Waals surface area contributed by atoms with Gasteiger partial charge in [0.15, 0.2) is 0 Å². The van der Waals surface area contributed by atoms with Gasteiger partial charge in [-0.1, -0.05) is 58.4 Å². The van der Waals surface area contributed by atoms with Gasteiger partial charge in [0.1, 0.15) is 0 Å². The predicted molar refractivity (Wildman–Crippen MR) is 77.7 cm³/mol. The Labute approximate surface area is 107 Å². The second-order valence-electron chi connectivity index (χ2n) is 5.59. The van der Waals surface area contributed by atoms with Crippen LogP contribution in [0.4, 0.5) is 0 Å². The summed E-state index contributed by atoms with van der Waals surface area (Å²) in [7, 11) is 0. The first-order chi connectivity index (χ1) is 8.04. The van der Waals surface area contributed by atoms with Crippen molar-refractivity contribution in [3.63, 3.8) is 0 Å². The van der Waals surface area contributed by atoms with E-state index in [1.807, 2.05) is 13.8 Å². The van der Waals surface area contributed by atoms with Crippen molar-refractivity contribution >= 4 is 0 Å². The molecule has 1 atom stereocenters.